The van der Waals surface area contributed by atoms with Crippen LogP contribution in [0.15, 0.2) is 51.8 Å². The molecule has 0 bridgehead atoms. The van der Waals surface area contributed by atoms with Crippen LogP contribution in [0.25, 0.3) is 0 Å². The first-order valence-electron chi connectivity index (χ1n) is 6.06. The second-order valence-corrected chi connectivity index (χ2v) is 6.09. The van der Waals surface area contributed by atoms with Gasteiger partial charge >= 0.3 is 0 Å². The first kappa shape index (κ1) is 15.4. The summed E-state index contributed by atoms with van der Waals surface area (Å²) in [5, 5.41) is 11.5. The minimum atomic E-state index is -0.103. The van der Waals surface area contributed by atoms with Gasteiger partial charge in [0.05, 0.1) is 17.4 Å². The van der Waals surface area contributed by atoms with E-state index in [2.05, 4.69) is 21.2 Å². The van der Waals surface area contributed by atoms with Crippen molar-refractivity contribution >= 4 is 45.0 Å². The summed E-state index contributed by atoms with van der Waals surface area (Å²) >= 11 is 4.84. The smallest absolute Gasteiger partial charge is 0.234 e. The molecule has 0 aliphatic carbocycles. The summed E-state index contributed by atoms with van der Waals surface area (Å²) in [6.45, 7) is 0. The number of nitriles is 1. The number of anilines is 2. The number of nitrogens with two attached hydrogens (primary N) is 1. The van der Waals surface area contributed by atoms with E-state index in [0.29, 0.717) is 22.7 Å². The highest BCUT2D eigenvalue weighted by Crippen LogP contribution is 2.29. The van der Waals surface area contributed by atoms with Crippen molar-refractivity contribution in [2.75, 3.05) is 16.8 Å². The second kappa shape index (κ2) is 7.16. The molecule has 0 aliphatic heterocycles. The number of amides is 1. The Morgan fingerprint density at radius 2 is 2.00 bits per heavy atom. The van der Waals surface area contributed by atoms with Gasteiger partial charge in [0.25, 0.3) is 0 Å². The van der Waals surface area contributed by atoms with Crippen LogP contribution in [0, 0.1) is 11.3 Å². The molecule has 0 fully saturated rings. The van der Waals surface area contributed by atoms with E-state index < -0.39 is 0 Å². The van der Waals surface area contributed by atoms with E-state index in [1.165, 1.54) is 11.8 Å². The highest BCUT2D eigenvalue weighted by molar-refractivity contribution is 9.10. The van der Waals surface area contributed by atoms with Crippen molar-refractivity contribution in [3.8, 4) is 6.07 Å². The lowest BCUT2D eigenvalue weighted by atomic mass is 10.2. The van der Waals surface area contributed by atoms with Gasteiger partial charge in [-0.25, -0.2) is 0 Å². The number of carbonyl (C=O) groups is 1. The van der Waals surface area contributed by atoms with Crippen molar-refractivity contribution in [1.29, 1.82) is 5.26 Å². The van der Waals surface area contributed by atoms with E-state index in [1.54, 1.807) is 36.4 Å². The molecular formula is C15H12BrN3OS. The average molecular weight is 362 g/mol. The molecular weight excluding hydrogens is 350 g/mol. The third-order valence-corrected chi connectivity index (χ3v) is 4.60. The number of nitrogens with zero attached hydrogens (tertiary/aromatic N) is 1. The third-order valence-electron chi connectivity index (χ3n) is 2.61. The molecule has 0 aliphatic rings. The van der Waals surface area contributed by atoms with Gasteiger partial charge in [-0.1, -0.05) is 0 Å². The monoisotopic (exact) mass is 361 g/mol. The van der Waals surface area contributed by atoms with Gasteiger partial charge in [-0.3, -0.25) is 4.79 Å². The topological polar surface area (TPSA) is 78.9 Å². The minimum absolute atomic E-state index is 0.103. The number of benzene rings is 2. The molecule has 3 N–H and O–H groups in total. The molecule has 0 atom stereocenters. The van der Waals surface area contributed by atoms with Crippen LogP contribution in [-0.2, 0) is 4.79 Å². The van der Waals surface area contributed by atoms with Gasteiger partial charge in [0, 0.05) is 20.7 Å². The number of thioether (sulfide) groups is 1. The van der Waals surface area contributed by atoms with Gasteiger partial charge < -0.3 is 11.1 Å². The summed E-state index contributed by atoms with van der Waals surface area (Å²) in [7, 11) is 0. The molecule has 106 valence electrons. The fraction of sp³-hybridized carbons (Fsp3) is 0.0667. The second-order valence-electron chi connectivity index (χ2n) is 4.22. The van der Waals surface area contributed by atoms with Gasteiger partial charge in [0.1, 0.15) is 0 Å². The Hall–Kier alpha value is -1.97. The van der Waals surface area contributed by atoms with Crippen LogP contribution < -0.4 is 11.1 Å². The van der Waals surface area contributed by atoms with Crippen LogP contribution in [-0.4, -0.2) is 11.7 Å². The van der Waals surface area contributed by atoms with Crippen molar-refractivity contribution in [1.82, 2.24) is 0 Å². The highest BCUT2D eigenvalue weighted by Gasteiger charge is 2.06. The highest BCUT2D eigenvalue weighted by atomic mass is 79.9. The van der Waals surface area contributed by atoms with E-state index in [4.69, 9.17) is 11.0 Å². The molecule has 0 saturated heterocycles. The van der Waals surface area contributed by atoms with E-state index in [9.17, 15) is 4.79 Å². The van der Waals surface area contributed by atoms with Crippen LogP contribution in [0.1, 0.15) is 5.56 Å². The predicted octanol–water partition coefficient (Wildman–Crippen LogP) is 3.63. The zero-order valence-corrected chi connectivity index (χ0v) is 13.4. The Morgan fingerprint density at radius 1 is 1.29 bits per heavy atom. The lowest BCUT2D eigenvalue weighted by molar-refractivity contribution is -0.113. The fourth-order valence-electron chi connectivity index (χ4n) is 1.60. The number of rotatable bonds is 4. The molecule has 21 heavy (non-hydrogen) atoms. The molecule has 0 heterocycles. The van der Waals surface area contributed by atoms with E-state index in [0.717, 1.165) is 9.37 Å². The summed E-state index contributed by atoms with van der Waals surface area (Å²) in [5.41, 5.74) is 7.58. The summed E-state index contributed by atoms with van der Waals surface area (Å²) in [6, 6.07) is 14.3. The zero-order chi connectivity index (χ0) is 15.2. The number of hydrogen-bond donors (Lipinski definition) is 2. The third kappa shape index (κ3) is 4.52. The Bertz CT molecular complexity index is 695. The van der Waals surface area contributed by atoms with Gasteiger partial charge in [0.2, 0.25) is 5.91 Å². The maximum atomic E-state index is 11.9. The van der Waals surface area contributed by atoms with Crippen LogP contribution in [0.4, 0.5) is 11.4 Å². The minimum Gasteiger partial charge on any atom is -0.399 e. The number of carbonyl (C=O) groups excluding carboxylic acids is 1. The first-order chi connectivity index (χ1) is 10.1. The summed E-state index contributed by atoms with van der Waals surface area (Å²) in [5.74, 6) is 0.191. The van der Waals surface area contributed by atoms with Gasteiger partial charge in [-0.05, 0) is 58.4 Å². The lowest BCUT2D eigenvalue weighted by Crippen LogP contribution is -2.13. The van der Waals surface area contributed by atoms with Crippen molar-refractivity contribution in [2.45, 2.75) is 4.90 Å². The average Bonchev–Trinajstić information content (AvgIpc) is 2.47. The van der Waals surface area contributed by atoms with Crippen LogP contribution >= 0.6 is 27.7 Å². The van der Waals surface area contributed by atoms with Crippen LogP contribution in [0.5, 0.6) is 0 Å². The Kier molecular flexibility index (Phi) is 5.26. The maximum absolute atomic E-state index is 11.9. The van der Waals surface area contributed by atoms with Gasteiger partial charge in [-0.2, -0.15) is 5.26 Å². The molecule has 0 radical (unpaired) electrons. The van der Waals surface area contributed by atoms with Crippen molar-refractivity contribution < 1.29 is 4.79 Å². The Labute approximate surface area is 135 Å². The molecule has 1 amide bonds. The summed E-state index contributed by atoms with van der Waals surface area (Å²) in [4.78, 5) is 12.8. The summed E-state index contributed by atoms with van der Waals surface area (Å²) in [6.07, 6.45) is 0. The predicted molar refractivity (Wildman–Crippen MR) is 89.1 cm³/mol. The van der Waals surface area contributed by atoms with Gasteiger partial charge in [-0.15, -0.1) is 11.8 Å². The molecule has 2 aromatic rings. The van der Waals surface area contributed by atoms with Crippen molar-refractivity contribution in [2.24, 2.45) is 0 Å². The van der Waals surface area contributed by atoms with Crippen molar-refractivity contribution in [3.63, 3.8) is 0 Å². The Balaban J connectivity index is 1.91. The quantitative estimate of drug-likeness (QED) is 0.643. The fourth-order valence-corrected chi connectivity index (χ4v) is 3.06. The van der Waals surface area contributed by atoms with Crippen molar-refractivity contribution in [3.05, 3.63) is 52.5 Å². The molecule has 4 nitrogen and oxygen atoms in total. The summed E-state index contributed by atoms with van der Waals surface area (Å²) < 4.78 is 0.874. The number of nitrogen functional groups attached to an aromatic ring is 1. The normalized spacial score (nSPS) is 9.90. The molecule has 0 aromatic heterocycles. The van der Waals surface area contributed by atoms with E-state index in [1.807, 2.05) is 12.1 Å². The molecule has 0 saturated carbocycles. The number of halogens is 1. The number of nitrogens with one attached hydrogen (secondary N) is 1. The van der Waals surface area contributed by atoms with Crippen LogP contribution in [0.3, 0.4) is 0 Å². The zero-order valence-electron chi connectivity index (χ0n) is 11.0. The van der Waals surface area contributed by atoms with Crippen LogP contribution in [0.2, 0.25) is 0 Å². The molecule has 6 heteroatoms. The Morgan fingerprint density at radius 3 is 2.62 bits per heavy atom. The molecule has 2 rings (SSSR count). The SMILES string of the molecule is N#Cc1ccc(NC(=O)CSc2ccc(N)cc2Br)cc1. The standard InChI is InChI=1S/C15H12BrN3OS/c16-13-7-11(18)3-6-14(13)21-9-15(20)19-12-4-1-10(8-17)2-5-12/h1-7H,9,18H2,(H,19,20). The number of hydrogen-bond acceptors (Lipinski definition) is 4. The first-order valence-corrected chi connectivity index (χ1v) is 7.84. The van der Waals surface area contributed by atoms with E-state index in [-0.39, 0.29) is 5.91 Å². The van der Waals surface area contributed by atoms with Gasteiger partial charge in [0.15, 0.2) is 0 Å². The van der Waals surface area contributed by atoms with E-state index >= 15 is 0 Å². The largest absolute Gasteiger partial charge is 0.399 e. The lowest BCUT2D eigenvalue weighted by Gasteiger charge is -2.07. The molecule has 0 unspecified atom stereocenters. The molecule has 2 aromatic carbocycles. The maximum Gasteiger partial charge on any atom is 0.234 e. The molecule has 0 spiro atoms.